The molecule has 3 nitrogen and oxygen atoms in total. The highest BCUT2D eigenvalue weighted by Crippen LogP contribution is 2.35. The molecule has 2 atom stereocenters. The maximum atomic E-state index is 5.81. The van der Waals surface area contributed by atoms with Gasteiger partial charge in [0.1, 0.15) is 17.6 Å². The quantitative estimate of drug-likeness (QED) is 0.883. The highest BCUT2D eigenvalue weighted by atomic mass is 16.5. The van der Waals surface area contributed by atoms with Crippen molar-refractivity contribution in [2.75, 3.05) is 13.7 Å². The molecule has 2 rings (SSSR count). The number of hydrogen-bond donors (Lipinski definition) is 1. The minimum absolute atomic E-state index is 0.264. The van der Waals surface area contributed by atoms with Crippen molar-refractivity contribution in [3.05, 3.63) is 29.3 Å². The van der Waals surface area contributed by atoms with Crippen molar-refractivity contribution in [2.45, 2.75) is 39.3 Å². The number of rotatable bonds is 5. The molecule has 104 valence electrons. The minimum atomic E-state index is 0.264. The molecule has 0 saturated carbocycles. The first kappa shape index (κ1) is 13.9. The maximum absolute atomic E-state index is 5.81. The predicted molar refractivity (Wildman–Crippen MR) is 79.0 cm³/mol. The lowest BCUT2D eigenvalue weighted by Crippen LogP contribution is -2.17. The molecule has 0 fully saturated rings. The third kappa shape index (κ3) is 3.29. The SMILES string of the molecule is CCOc1cc2c(cc1/C=C/C(C)NC)OC(C)C2. The second kappa shape index (κ2) is 6.11. The smallest absolute Gasteiger partial charge is 0.127 e. The van der Waals surface area contributed by atoms with E-state index in [4.69, 9.17) is 9.47 Å². The summed E-state index contributed by atoms with van der Waals surface area (Å²) in [6, 6.07) is 4.54. The van der Waals surface area contributed by atoms with Gasteiger partial charge in [-0.3, -0.25) is 0 Å². The molecule has 1 aliphatic heterocycles. The molecule has 0 saturated heterocycles. The third-order valence-corrected chi connectivity index (χ3v) is 3.35. The Balaban J connectivity index is 2.30. The van der Waals surface area contributed by atoms with Crippen molar-refractivity contribution in [3.63, 3.8) is 0 Å². The Morgan fingerprint density at radius 2 is 2.32 bits per heavy atom. The van der Waals surface area contributed by atoms with Crippen molar-refractivity contribution < 1.29 is 9.47 Å². The predicted octanol–water partition coefficient (Wildman–Crippen LogP) is 3.03. The summed E-state index contributed by atoms with van der Waals surface area (Å²) in [4.78, 5) is 0. The molecule has 0 bridgehead atoms. The van der Waals surface area contributed by atoms with Crippen LogP contribution in [-0.2, 0) is 6.42 Å². The first-order valence-electron chi connectivity index (χ1n) is 6.95. The summed E-state index contributed by atoms with van der Waals surface area (Å²) in [5.74, 6) is 1.94. The summed E-state index contributed by atoms with van der Waals surface area (Å²) < 4.78 is 11.5. The van der Waals surface area contributed by atoms with E-state index in [0.29, 0.717) is 12.6 Å². The molecule has 1 heterocycles. The van der Waals surface area contributed by atoms with Gasteiger partial charge >= 0.3 is 0 Å². The number of likely N-dealkylation sites (N-methyl/N-ethyl adjacent to an activating group) is 1. The Kier molecular flexibility index (Phi) is 4.48. The van der Waals surface area contributed by atoms with E-state index in [1.807, 2.05) is 14.0 Å². The fourth-order valence-corrected chi connectivity index (χ4v) is 2.21. The zero-order chi connectivity index (χ0) is 13.8. The summed E-state index contributed by atoms with van der Waals surface area (Å²) in [7, 11) is 1.95. The molecular formula is C16H23NO2. The normalized spacial score (nSPS) is 19.3. The number of fused-ring (bicyclic) bond motifs is 1. The Morgan fingerprint density at radius 1 is 1.53 bits per heavy atom. The van der Waals surface area contributed by atoms with Gasteiger partial charge in [-0.05, 0) is 40.0 Å². The van der Waals surface area contributed by atoms with Gasteiger partial charge in [0.2, 0.25) is 0 Å². The van der Waals surface area contributed by atoms with E-state index in [-0.39, 0.29) is 6.10 Å². The monoisotopic (exact) mass is 261 g/mol. The summed E-state index contributed by atoms with van der Waals surface area (Å²) in [6.45, 7) is 6.90. The van der Waals surface area contributed by atoms with Crippen molar-refractivity contribution in [1.29, 1.82) is 0 Å². The fourth-order valence-electron chi connectivity index (χ4n) is 2.21. The molecule has 1 aliphatic rings. The van der Waals surface area contributed by atoms with Crippen molar-refractivity contribution in [1.82, 2.24) is 5.32 Å². The van der Waals surface area contributed by atoms with E-state index in [1.165, 1.54) is 5.56 Å². The lowest BCUT2D eigenvalue weighted by Gasteiger charge is -2.10. The summed E-state index contributed by atoms with van der Waals surface area (Å²) in [6.07, 6.45) is 5.45. The van der Waals surface area contributed by atoms with Crippen LogP contribution < -0.4 is 14.8 Å². The molecular weight excluding hydrogens is 238 g/mol. The van der Waals surface area contributed by atoms with E-state index in [2.05, 4.69) is 43.4 Å². The van der Waals surface area contributed by atoms with Crippen LogP contribution in [-0.4, -0.2) is 25.8 Å². The van der Waals surface area contributed by atoms with Crippen molar-refractivity contribution >= 4 is 6.08 Å². The Bertz CT molecular complexity index is 468. The molecule has 0 aromatic heterocycles. The zero-order valence-electron chi connectivity index (χ0n) is 12.2. The zero-order valence-corrected chi connectivity index (χ0v) is 12.2. The Hall–Kier alpha value is -1.48. The van der Waals surface area contributed by atoms with Gasteiger partial charge in [0.05, 0.1) is 6.61 Å². The number of nitrogens with one attached hydrogen (secondary N) is 1. The van der Waals surface area contributed by atoms with Crippen LogP contribution in [0.3, 0.4) is 0 Å². The van der Waals surface area contributed by atoms with Gasteiger partial charge in [0.25, 0.3) is 0 Å². The number of ether oxygens (including phenoxy) is 2. The van der Waals surface area contributed by atoms with Gasteiger partial charge in [-0.2, -0.15) is 0 Å². The molecule has 1 aromatic rings. The van der Waals surface area contributed by atoms with E-state index in [1.54, 1.807) is 0 Å². The molecule has 2 unspecified atom stereocenters. The molecule has 19 heavy (non-hydrogen) atoms. The van der Waals surface area contributed by atoms with Crippen LogP contribution in [0.4, 0.5) is 0 Å². The average molecular weight is 261 g/mol. The van der Waals surface area contributed by atoms with Gasteiger partial charge in [0.15, 0.2) is 0 Å². The third-order valence-electron chi connectivity index (χ3n) is 3.35. The van der Waals surface area contributed by atoms with E-state index < -0.39 is 0 Å². The number of benzene rings is 1. The van der Waals surface area contributed by atoms with E-state index in [9.17, 15) is 0 Å². The Labute approximate surface area is 115 Å². The standard InChI is InChI=1S/C16H23NO2/c1-5-18-15-10-14-8-12(3)19-16(14)9-13(15)7-6-11(2)17-4/h6-7,9-12,17H,5,8H2,1-4H3/b7-6+. The van der Waals surface area contributed by atoms with Crippen LogP contribution in [0.1, 0.15) is 31.9 Å². The molecule has 0 spiro atoms. The molecule has 1 N–H and O–H groups in total. The van der Waals surface area contributed by atoms with Crippen LogP contribution in [0, 0.1) is 0 Å². The van der Waals surface area contributed by atoms with Crippen LogP contribution in [0.2, 0.25) is 0 Å². The summed E-state index contributed by atoms with van der Waals surface area (Å²) in [5.41, 5.74) is 2.33. The fraction of sp³-hybridized carbons (Fsp3) is 0.500. The highest BCUT2D eigenvalue weighted by Gasteiger charge is 2.21. The van der Waals surface area contributed by atoms with E-state index >= 15 is 0 Å². The lowest BCUT2D eigenvalue weighted by atomic mass is 10.1. The topological polar surface area (TPSA) is 30.5 Å². The number of hydrogen-bond acceptors (Lipinski definition) is 3. The van der Waals surface area contributed by atoms with Crippen LogP contribution in [0.25, 0.3) is 6.08 Å². The van der Waals surface area contributed by atoms with Crippen LogP contribution in [0.5, 0.6) is 11.5 Å². The summed E-state index contributed by atoms with van der Waals surface area (Å²) in [5, 5.41) is 3.19. The van der Waals surface area contributed by atoms with Gasteiger partial charge in [-0.25, -0.2) is 0 Å². The minimum Gasteiger partial charge on any atom is -0.493 e. The Morgan fingerprint density at radius 3 is 3.00 bits per heavy atom. The first-order valence-corrected chi connectivity index (χ1v) is 6.95. The van der Waals surface area contributed by atoms with Crippen LogP contribution >= 0.6 is 0 Å². The molecule has 0 aliphatic carbocycles. The van der Waals surface area contributed by atoms with Gasteiger partial charge in [-0.1, -0.05) is 12.2 Å². The second-order valence-corrected chi connectivity index (χ2v) is 5.00. The molecule has 0 radical (unpaired) electrons. The van der Waals surface area contributed by atoms with E-state index in [0.717, 1.165) is 23.5 Å². The van der Waals surface area contributed by atoms with Gasteiger partial charge < -0.3 is 14.8 Å². The molecule has 3 heteroatoms. The van der Waals surface area contributed by atoms with Crippen LogP contribution in [0.15, 0.2) is 18.2 Å². The van der Waals surface area contributed by atoms with Crippen molar-refractivity contribution in [3.8, 4) is 11.5 Å². The molecule has 0 amide bonds. The van der Waals surface area contributed by atoms with Gasteiger partial charge in [0, 0.05) is 23.6 Å². The molecule has 1 aromatic carbocycles. The lowest BCUT2D eigenvalue weighted by molar-refractivity contribution is 0.254. The average Bonchev–Trinajstić information content (AvgIpc) is 2.75. The van der Waals surface area contributed by atoms with Crippen molar-refractivity contribution in [2.24, 2.45) is 0 Å². The largest absolute Gasteiger partial charge is 0.493 e. The highest BCUT2D eigenvalue weighted by molar-refractivity contribution is 5.62. The van der Waals surface area contributed by atoms with Gasteiger partial charge in [-0.15, -0.1) is 0 Å². The first-order chi connectivity index (χ1) is 9.13. The maximum Gasteiger partial charge on any atom is 0.127 e. The summed E-state index contributed by atoms with van der Waals surface area (Å²) >= 11 is 0. The second-order valence-electron chi connectivity index (χ2n) is 5.00.